The summed E-state index contributed by atoms with van der Waals surface area (Å²) in [6.45, 7) is 8.57. The van der Waals surface area contributed by atoms with Crippen molar-refractivity contribution < 1.29 is 32.3 Å². The Morgan fingerprint density at radius 1 is 1.00 bits per heavy atom. The molecule has 1 N–H and O–H groups in total. The van der Waals surface area contributed by atoms with Crippen LogP contribution in [0.5, 0.6) is 0 Å². The molecule has 2 aliphatic heterocycles. The van der Waals surface area contributed by atoms with Crippen LogP contribution in [0.2, 0.25) is 0 Å². The number of nitrogens with zero attached hydrogens (tertiary/aromatic N) is 7. The van der Waals surface area contributed by atoms with E-state index < -0.39 is 35.1 Å². The number of nitrogens with one attached hydrogen (secondary N) is 1. The second kappa shape index (κ2) is 14.9. The minimum absolute atomic E-state index is 0.0401. The van der Waals surface area contributed by atoms with E-state index in [-0.39, 0.29) is 55.2 Å². The van der Waals surface area contributed by atoms with Crippen LogP contribution in [0, 0.1) is 25.2 Å². The summed E-state index contributed by atoms with van der Waals surface area (Å²) in [6.07, 6.45) is 2.60. The summed E-state index contributed by atoms with van der Waals surface area (Å²) >= 11 is 0. The van der Waals surface area contributed by atoms with Crippen LogP contribution in [0.15, 0.2) is 36.7 Å². The van der Waals surface area contributed by atoms with Crippen LogP contribution < -0.4 is 5.32 Å². The predicted octanol–water partition coefficient (Wildman–Crippen LogP) is 6.18. The van der Waals surface area contributed by atoms with E-state index >= 15 is 0 Å². The number of carbonyl (C=O) groups is 4. The maximum Gasteiger partial charge on any atom is 0.433 e. The summed E-state index contributed by atoms with van der Waals surface area (Å²) < 4.78 is 42.2. The molecule has 2 bridgehead atoms. The maximum absolute atomic E-state index is 14.5. The van der Waals surface area contributed by atoms with E-state index in [9.17, 15) is 32.3 Å². The second-order valence-corrected chi connectivity index (χ2v) is 15.2. The number of amides is 3. The van der Waals surface area contributed by atoms with Gasteiger partial charge in [0.15, 0.2) is 5.78 Å². The average Bonchev–Trinajstić information content (AvgIpc) is 3.66. The lowest BCUT2D eigenvalue weighted by molar-refractivity contribution is -0.141. The van der Waals surface area contributed by atoms with E-state index in [4.69, 9.17) is 0 Å². The molecule has 0 aliphatic carbocycles. The Kier molecular flexibility index (Phi) is 10.6. The van der Waals surface area contributed by atoms with E-state index in [0.717, 1.165) is 42.0 Å². The number of Topliss-reactive ketones (excluding diaryl/α,β-unsaturated/α-hetero) is 1. The van der Waals surface area contributed by atoms with Crippen LogP contribution >= 0.6 is 0 Å². The number of aromatic nitrogens is 5. The van der Waals surface area contributed by atoms with E-state index in [1.54, 1.807) is 31.3 Å². The average molecular weight is 747 g/mol. The number of fused-ring (bicyclic) bond motifs is 2. The van der Waals surface area contributed by atoms with Crippen molar-refractivity contribution >= 4 is 40.2 Å². The summed E-state index contributed by atoms with van der Waals surface area (Å²) in [5.74, 6) is -1.38. The quantitative estimate of drug-likeness (QED) is 0.244. The SMILES string of the molecule is CC(=O)c1nn2c3c(cc(-c4cnc(C)nc4)cc13)CCCCC[C@H](C)C(=O)N(C)C[C@]1(C)C[C@@H](C(=O)Nc3nc(C(F)(F)F)ccc3C)N(C1)C(=O)C2. The summed E-state index contributed by atoms with van der Waals surface area (Å²) in [7, 11) is 1.71. The Hall–Kier alpha value is -5.21. The van der Waals surface area contributed by atoms with Crippen molar-refractivity contribution in [2.75, 3.05) is 25.5 Å². The minimum atomic E-state index is -4.73. The third-order valence-electron chi connectivity index (χ3n) is 10.5. The highest BCUT2D eigenvalue weighted by Gasteiger charge is 2.47. The minimum Gasteiger partial charge on any atom is -0.345 e. The van der Waals surface area contributed by atoms with Crippen LogP contribution in [0.25, 0.3) is 22.0 Å². The van der Waals surface area contributed by atoms with Gasteiger partial charge in [-0.2, -0.15) is 18.3 Å². The molecule has 0 unspecified atom stereocenters. The molecule has 0 saturated carbocycles. The Morgan fingerprint density at radius 2 is 1.72 bits per heavy atom. The fourth-order valence-corrected chi connectivity index (χ4v) is 7.78. The number of ketones is 1. The third-order valence-corrected chi connectivity index (χ3v) is 10.5. The van der Waals surface area contributed by atoms with Crippen molar-refractivity contribution in [1.29, 1.82) is 0 Å². The Bertz CT molecular complexity index is 2120. The number of alkyl halides is 3. The molecule has 3 amide bonds. The number of anilines is 1. The van der Waals surface area contributed by atoms with Gasteiger partial charge >= 0.3 is 6.18 Å². The van der Waals surface area contributed by atoms with Gasteiger partial charge in [0.2, 0.25) is 17.7 Å². The molecule has 5 heterocycles. The fraction of sp³-hybridized carbons (Fsp3) is 0.487. The first-order chi connectivity index (χ1) is 25.4. The van der Waals surface area contributed by atoms with Gasteiger partial charge in [0.25, 0.3) is 0 Å². The van der Waals surface area contributed by atoms with Crippen LogP contribution in [0.3, 0.4) is 0 Å². The first kappa shape index (κ1) is 38.5. The lowest BCUT2D eigenvalue weighted by atomic mass is 9.86. The molecule has 2 aliphatic rings. The molecule has 54 heavy (non-hydrogen) atoms. The van der Waals surface area contributed by atoms with Crippen LogP contribution in [-0.2, 0) is 33.5 Å². The van der Waals surface area contributed by atoms with Gasteiger partial charge < -0.3 is 15.1 Å². The van der Waals surface area contributed by atoms with Gasteiger partial charge in [-0.05, 0) is 74.4 Å². The number of hydrogen-bond donors (Lipinski definition) is 1. The highest BCUT2D eigenvalue weighted by atomic mass is 19.4. The summed E-state index contributed by atoms with van der Waals surface area (Å²) in [5.41, 5.74) is 1.68. The van der Waals surface area contributed by atoms with Crippen LogP contribution in [0.4, 0.5) is 19.0 Å². The largest absolute Gasteiger partial charge is 0.433 e. The van der Waals surface area contributed by atoms with Crippen molar-refractivity contribution in [3.05, 3.63) is 65.0 Å². The number of benzene rings is 1. The zero-order valence-corrected chi connectivity index (χ0v) is 31.4. The van der Waals surface area contributed by atoms with Crippen molar-refractivity contribution in [2.24, 2.45) is 11.3 Å². The predicted molar refractivity (Wildman–Crippen MR) is 195 cm³/mol. The van der Waals surface area contributed by atoms with Crippen molar-refractivity contribution in [3.8, 4) is 11.1 Å². The molecule has 12 nitrogen and oxygen atoms in total. The molecule has 1 aromatic carbocycles. The van der Waals surface area contributed by atoms with Gasteiger partial charge in [-0.3, -0.25) is 23.9 Å². The van der Waals surface area contributed by atoms with Crippen LogP contribution in [0.1, 0.15) is 86.0 Å². The molecular formula is C39H45F3N8O4. The first-order valence-electron chi connectivity index (χ1n) is 18.2. The summed E-state index contributed by atoms with van der Waals surface area (Å²) in [6, 6.07) is 4.84. The molecule has 3 atom stereocenters. The maximum atomic E-state index is 14.5. The number of carbonyl (C=O) groups excluding carboxylic acids is 4. The molecule has 3 aromatic heterocycles. The van der Waals surface area contributed by atoms with E-state index in [1.807, 2.05) is 26.0 Å². The van der Waals surface area contributed by atoms with Gasteiger partial charge in [0, 0.05) is 61.7 Å². The van der Waals surface area contributed by atoms with Gasteiger partial charge in [-0.1, -0.05) is 32.8 Å². The fourth-order valence-electron chi connectivity index (χ4n) is 7.78. The topological polar surface area (TPSA) is 143 Å². The van der Waals surface area contributed by atoms with E-state index in [1.165, 1.54) is 29.5 Å². The van der Waals surface area contributed by atoms with Gasteiger partial charge in [0.1, 0.15) is 35.6 Å². The Morgan fingerprint density at radius 3 is 2.41 bits per heavy atom. The number of halogens is 3. The number of pyridine rings is 1. The standard InChI is InChI=1S/C39H45F3N8O4/c1-22-12-13-31(39(40,41)42)45-35(22)46-36(53)30-16-38(5)20-48(6)37(54)23(2)10-8-7-9-11-26-14-27(28-17-43-25(4)44-18-28)15-29-33(24(3)51)47-50(34(26)29)19-32(52)49(30)21-38/h12-15,17-18,23,30H,7-11,16,19-21H2,1-6H3,(H,45,46,53)/t23-,30-,38-/m0/s1. The molecule has 1 saturated heterocycles. The van der Waals surface area contributed by atoms with Gasteiger partial charge in [-0.25, -0.2) is 15.0 Å². The molecular weight excluding hydrogens is 701 g/mol. The molecule has 1 fully saturated rings. The van der Waals surface area contributed by atoms with Gasteiger partial charge in [-0.15, -0.1) is 0 Å². The zero-order valence-electron chi connectivity index (χ0n) is 31.4. The molecule has 15 heteroatoms. The lowest BCUT2D eigenvalue weighted by Crippen LogP contribution is -2.45. The van der Waals surface area contributed by atoms with E-state index in [0.29, 0.717) is 35.1 Å². The third kappa shape index (κ3) is 7.99. The number of aryl methyl sites for hydroxylation is 3. The highest BCUT2D eigenvalue weighted by Crippen LogP contribution is 2.38. The highest BCUT2D eigenvalue weighted by molar-refractivity contribution is 6.07. The lowest BCUT2D eigenvalue weighted by Gasteiger charge is -2.31. The number of hydrogen-bond acceptors (Lipinski definition) is 8. The molecule has 0 radical (unpaired) electrons. The van der Waals surface area contributed by atoms with Gasteiger partial charge in [0.05, 0.1) is 5.52 Å². The number of rotatable bonds is 4. The monoisotopic (exact) mass is 746 g/mol. The summed E-state index contributed by atoms with van der Waals surface area (Å²) in [5, 5.41) is 7.81. The summed E-state index contributed by atoms with van der Waals surface area (Å²) in [4.78, 5) is 70.5. The molecule has 0 spiro atoms. The first-order valence-corrected chi connectivity index (χ1v) is 18.2. The Balaban J connectivity index is 1.43. The van der Waals surface area contributed by atoms with Crippen LogP contribution in [-0.4, -0.2) is 84.2 Å². The van der Waals surface area contributed by atoms with Crippen molar-refractivity contribution in [2.45, 2.75) is 91.9 Å². The molecule has 6 rings (SSSR count). The van der Waals surface area contributed by atoms with Crippen molar-refractivity contribution in [3.63, 3.8) is 0 Å². The zero-order chi connectivity index (χ0) is 39.1. The Labute approximate surface area is 311 Å². The van der Waals surface area contributed by atoms with Crippen molar-refractivity contribution in [1.82, 2.24) is 34.5 Å². The normalized spacial score (nSPS) is 21.7. The van der Waals surface area contributed by atoms with E-state index in [2.05, 4.69) is 25.4 Å². The second-order valence-electron chi connectivity index (χ2n) is 15.2. The molecule has 286 valence electrons. The smallest absolute Gasteiger partial charge is 0.345 e. The molecule has 4 aromatic rings.